The summed E-state index contributed by atoms with van der Waals surface area (Å²) in [6.45, 7) is 4.85. The third-order valence-electron chi connectivity index (χ3n) is 2.68. The molecule has 0 amide bonds. The van der Waals surface area contributed by atoms with Crippen molar-refractivity contribution in [1.82, 2.24) is 15.3 Å². The maximum absolute atomic E-state index is 12.1. The van der Waals surface area contributed by atoms with Gasteiger partial charge in [-0.2, -0.15) is 0 Å². The Hall–Kier alpha value is -0.810. The number of hydrogen-bond donors (Lipinski definition) is 1. The van der Waals surface area contributed by atoms with E-state index in [0.717, 1.165) is 24.4 Å². The van der Waals surface area contributed by atoms with E-state index >= 15 is 0 Å². The molecule has 0 aromatic carbocycles. The van der Waals surface area contributed by atoms with Crippen LogP contribution in [0.3, 0.4) is 0 Å². The molecule has 1 aliphatic rings. The van der Waals surface area contributed by atoms with Gasteiger partial charge in [0.05, 0.1) is 10.8 Å². The van der Waals surface area contributed by atoms with E-state index in [1.807, 2.05) is 19.9 Å². The zero-order chi connectivity index (χ0) is 11.5. The number of nitrogens with zero attached hydrogens (tertiary/aromatic N) is 2. The van der Waals surface area contributed by atoms with Crippen LogP contribution < -0.4 is 5.32 Å². The Balaban J connectivity index is 2.07. The molecule has 0 spiro atoms. The second-order valence-electron chi connectivity index (χ2n) is 4.24. The van der Waals surface area contributed by atoms with E-state index in [-0.39, 0.29) is 0 Å². The van der Waals surface area contributed by atoms with E-state index in [2.05, 4.69) is 15.3 Å². The third-order valence-corrected chi connectivity index (χ3v) is 3.98. The van der Waals surface area contributed by atoms with Gasteiger partial charge in [0, 0.05) is 23.2 Å². The lowest BCUT2D eigenvalue weighted by Crippen LogP contribution is -2.28. The van der Waals surface area contributed by atoms with Gasteiger partial charge in [-0.1, -0.05) is 0 Å². The van der Waals surface area contributed by atoms with Crippen molar-refractivity contribution in [3.8, 4) is 0 Å². The Morgan fingerprint density at radius 1 is 1.44 bits per heavy atom. The second-order valence-corrected chi connectivity index (χ2v) is 5.63. The van der Waals surface area contributed by atoms with Crippen molar-refractivity contribution in [3.05, 3.63) is 17.5 Å². The molecular weight excluding hydrogens is 222 g/mol. The fourth-order valence-corrected chi connectivity index (χ4v) is 3.24. The van der Waals surface area contributed by atoms with Crippen molar-refractivity contribution in [2.75, 3.05) is 12.3 Å². The fourth-order valence-electron chi connectivity index (χ4n) is 1.95. The maximum atomic E-state index is 12.1. The van der Waals surface area contributed by atoms with Crippen LogP contribution in [0.1, 0.15) is 24.2 Å². The predicted molar refractivity (Wildman–Crippen MR) is 63.8 cm³/mol. The van der Waals surface area contributed by atoms with Crippen molar-refractivity contribution in [1.29, 1.82) is 0 Å². The first kappa shape index (κ1) is 11.7. The molecular formula is C11H17N3OS. The van der Waals surface area contributed by atoms with Crippen LogP contribution in [-0.2, 0) is 10.8 Å². The van der Waals surface area contributed by atoms with Gasteiger partial charge in [0.15, 0.2) is 0 Å². The molecule has 0 unspecified atom stereocenters. The number of hydrogen-bond acceptors (Lipinski definition) is 4. The summed E-state index contributed by atoms with van der Waals surface area (Å²) in [7, 11) is -1.08. The zero-order valence-corrected chi connectivity index (χ0v) is 10.5. The van der Waals surface area contributed by atoms with Gasteiger partial charge in [-0.25, -0.2) is 9.97 Å². The second kappa shape index (κ2) is 5.01. The topological polar surface area (TPSA) is 54.9 Å². The fraction of sp³-hybridized carbons (Fsp3) is 0.636. The number of rotatable bonds is 3. The minimum absolute atomic E-state index is 0.366. The molecule has 16 heavy (non-hydrogen) atoms. The predicted octanol–water partition coefficient (Wildman–Crippen LogP) is 0.953. The van der Waals surface area contributed by atoms with Crippen LogP contribution in [0.2, 0.25) is 0 Å². The Kier molecular flexibility index (Phi) is 3.66. The van der Waals surface area contributed by atoms with Gasteiger partial charge in [-0.05, 0) is 39.3 Å². The summed E-state index contributed by atoms with van der Waals surface area (Å²) < 4.78 is 12.1. The number of nitrogens with one attached hydrogen (secondary N) is 1. The van der Waals surface area contributed by atoms with Crippen molar-refractivity contribution in [2.45, 2.75) is 37.9 Å². The number of aryl methyl sites for hydroxylation is 2. The average molecular weight is 239 g/mol. The highest BCUT2D eigenvalue weighted by molar-refractivity contribution is 7.84. The van der Waals surface area contributed by atoms with Crippen molar-refractivity contribution >= 4 is 10.8 Å². The first-order chi connectivity index (χ1) is 7.65. The van der Waals surface area contributed by atoms with Crippen LogP contribution in [0, 0.1) is 13.8 Å². The minimum atomic E-state index is -1.08. The van der Waals surface area contributed by atoms with Crippen LogP contribution in [-0.4, -0.2) is 32.5 Å². The molecule has 2 rings (SSSR count). The molecule has 2 heterocycles. The van der Waals surface area contributed by atoms with Crippen molar-refractivity contribution in [2.24, 2.45) is 0 Å². The third kappa shape index (κ3) is 2.86. The molecule has 1 fully saturated rings. The van der Waals surface area contributed by atoms with Gasteiger partial charge in [-0.15, -0.1) is 0 Å². The lowest BCUT2D eigenvalue weighted by Gasteiger charge is -2.09. The van der Waals surface area contributed by atoms with Crippen molar-refractivity contribution in [3.63, 3.8) is 0 Å². The molecule has 1 aromatic heterocycles. The molecule has 4 nitrogen and oxygen atoms in total. The summed E-state index contributed by atoms with van der Waals surface area (Å²) >= 11 is 0. The molecule has 0 saturated carbocycles. The lowest BCUT2D eigenvalue weighted by atomic mass is 10.3. The smallest absolute Gasteiger partial charge is 0.218 e. The van der Waals surface area contributed by atoms with Crippen LogP contribution in [0.25, 0.3) is 0 Å². The summed E-state index contributed by atoms with van der Waals surface area (Å²) in [5.74, 6) is 0.628. The molecule has 1 N–H and O–H groups in total. The Morgan fingerprint density at radius 2 is 2.12 bits per heavy atom. The normalized spacial score (nSPS) is 22.2. The standard InChI is InChI=1S/C11H17N3OS/c1-8-6-9(2)14-11(13-8)16(15)7-10-4-3-5-12-10/h6,10,12H,3-5,7H2,1-2H3/t10-,16+/m1/s1. The highest BCUT2D eigenvalue weighted by atomic mass is 32.2. The Bertz CT molecular complexity index is 382. The largest absolute Gasteiger partial charge is 0.313 e. The van der Waals surface area contributed by atoms with Crippen molar-refractivity contribution < 1.29 is 4.21 Å². The molecule has 0 radical (unpaired) electrons. The SMILES string of the molecule is Cc1cc(C)nc([S@@](=O)C[C@H]2CCCN2)n1. The van der Waals surface area contributed by atoms with Gasteiger partial charge in [0.25, 0.3) is 0 Å². The quantitative estimate of drug-likeness (QED) is 0.798. The van der Waals surface area contributed by atoms with Crippen LogP contribution in [0.15, 0.2) is 11.2 Å². The Labute approximate surface area is 98.3 Å². The monoisotopic (exact) mass is 239 g/mol. The Morgan fingerprint density at radius 3 is 2.69 bits per heavy atom. The van der Waals surface area contributed by atoms with E-state index in [1.54, 1.807) is 0 Å². The summed E-state index contributed by atoms with van der Waals surface area (Å²) in [6.07, 6.45) is 2.28. The van der Waals surface area contributed by atoms with Gasteiger partial charge < -0.3 is 5.32 Å². The van der Waals surface area contributed by atoms with Gasteiger partial charge in [0.1, 0.15) is 0 Å². The van der Waals surface area contributed by atoms with Crippen LogP contribution in [0.5, 0.6) is 0 Å². The highest BCUT2D eigenvalue weighted by Gasteiger charge is 2.19. The van der Waals surface area contributed by atoms with E-state index in [4.69, 9.17) is 0 Å². The summed E-state index contributed by atoms with van der Waals surface area (Å²) in [6, 6.07) is 2.26. The average Bonchev–Trinajstić information content (AvgIpc) is 2.68. The first-order valence-corrected chi connectivity index (χ1v) is 6.91. The zero-order valence-electron chi connectivity index (χ0n) is 9.69. The minimum Gasteiger partial charge on any atom is -0.313 e. The molecule has 88 valence electrons. The maximum Gasteiger partial charge on any atom is 0.218 e. The van der Waals surface area contributed by atoms with E-state index in [1.165, 1.54) is 6.42 Å². The number of aromatic nitrogens is 2. The van der Waals surface area contributed by atoms with Gasteiger partial charge in [0.2, 0.25) is 5.16 Å². The molecule has 1 aromatic rings. The van der Waals surface area contributed by atoms with Crippen LogP contribution in [0.4, 0.5) is 0 Å². The lowest BCUT2D eigenvalue weighted by molar-refractivity contribution is 0.637. The van der Waals surface area contributed by atoms with E-state index < -0.39 is 10.8 Å². The van der Waals surface area contributed by atoms with Gasteiger partial charge >= 0.3 is 0 Å². The van der Waals surface area contributed by atoms with E-state index in [9.17, 15) is 4.21 Å². The van der Waals surface area contributed by atoms with Gasteiger partial charge in [-0.3, -0.25) is 4.21 Å². The molecule has 0 aliphatic carbocycles. The van der Waals surface area contributed by atoms with Crippen LogP contribution >= 0.6 is 0 Å². The van der Waals surface area contributed by atoms with E-state index in [0.29, 0.717) is 17.0 Å². The first-order valence-electron chi connectivity index (χ1n) is 5.59. The highest BCUT2D eigenvalue weighted by Crippen LogP contribution is 2.10. The summed E-state index contributed by atoms with van der Waals surface area (Å²) in [5.41, 5.74) is 1.77. The molecule has 1 aliphatic heterocycles. The molecule has 5 heteroatoms. The molecule has 1 saturated heterocycles. The molecule has 0 bridgehead atoms. The summed E-state index contributed by atoms with van der Waals surface area (Å²) in [5, 5.41) is 3.82. The summed E-state index contributed by atoms with van der Waals surface area (Å²) in [4.78, 5) is 8.47. The molecule has 2 atom stereocenters.